The lowest BCUT2D eigenvalue weighted by molar-refractivity contribution is 1.28. The van der Waals surface area contributed by atoms with Crippen LogP contribution < -0.4 is 4.90 Å². The minimum atomic E-state index is 1.13. The summed E-state index contributed by atoms with van der Waals surface area (Å²) in [5.74, 6) is 0. The molecule has 0 saturated heterocycles. The van der Waals surface area contributed by atoms with Crippen LogP contribution in [0.15, 0.2) is 140 Å². The van der Waals surface area contributed by atoms with E-state index in [1.54, 1.807) is 0 Å². The Hall–Kier alpha value is -4.36. The zero-order valence-electron chi connectivity index (χ0n) is 18.4. The monoisotopic (exact) mass is 423 g/mol. The van der Waals surface area contributed by atoms with Gasteiger partial charge >= 0.3 is 0 Å². The number of hydrogen-bond donors (Lipinski definition) is 0. The van der Waals surface area contributed by atoms with Crippen molar-refractivity contribution in [1.29, 1.82) is 0 Å². The molecule has 0 aliphatic heterocycles. The van der Waals surface area contributed by atoms with Gasteiger partial charge in [0.2, 0.25) is 0 Å². The van der Waals surface area contributed by atoms with Crippen LogP contribution in [0.5, 0.6) is 0 Å². The van der Waals surface area contributed by atoms with E-state index in [1.807, 2.05) is 12.1 Å². The largest absolute Gasteiger partial charge is 0.310 e. The summed E-state index contributed by atoms with van der Waals surface area (Å²) in [5, 5.41) is 0. The third-order valence-corrected chi connectivity index (χ3v) is 5.64. The number of nitrogens with zero attached hydrogens (tertiary/aromatic N) is 1. The molecule has 1 nitrogen and oxygen atoms in total. The number of anilines is 3. The lowest BCUT2D eigenvalue weighted by Crippen LogP contribution is -2.09. The predicted octanol–water partition coefficient (Wildman–Crippen LogP) is 8.99. The Balaban J connectivity index is 1.51. The molecule has 0 atom stereocenters. The molecule has 0 aromatic heterocycles. The summed E-state index contributed by atoms with van der Waals surface area (Å²) >= 11 is 0. The first kappa shape index (κ1) is 20.5. The number of benzene rings is 5. The maximum absolute atomic E-state index is 2.30. The molecule has 0 amide bonds. The van der Waals surface area contributed by atoms with Crippen molar-refractivity contribution in [3.8, 4) is 11.1 Å². The van der Waals surface area contributed by atoms with E-state index >= 15 is 0 Å². The highest BCUT2D eigenvalue weighted by molar-refractivity contribution is 5.80. The van der Waals surface area contributed by atoms with E-state index in [-0.39, 0.29) is 0 Å². The van der Waals surface area contributed by atoms with Gasteiger partial charge in [0.1, 0.15) is 0 Å². The summed E-state index contributed by atoms with van der Waals surface area (Å²) in [6, 6.07) is 48.9. The molecule has 158 valence electrons. The lowest BCUT2D eigenvalue weighted by Gasteiger charge is -2.26. The Morgan fingerprint density at radius 2 is 0.848 bits per heavy atom. The van der Waals surface area contributed by atoms with Crippen LogP contribution in [0.25, 0.3) is 23.3 Å². The van der Waals surface area contributed by atoms with Gasteiger partial charge in [-0.05, 0) is 58.7 Å². The maximum Gasteiger partial charge on any atom is 0.0467 e. The van der Waals surface area contributed by atoms with Gasteiger partial charge in [0.15, 0.2) is 0 Å². The van der Waals surface area contributed by atoms with Crippen LogP contribution >= 0.6 is 0 Å². The molecule has 0 aliphatic carbocycles. The predicted molar refractivity (Wildman–Crippen MR) is 142 cm³/mol. The first-order valence-corrected chi connectivity index (χ1v) is 11.2. The number of para-hydroxylation sites is 1. The molecule has 0 saturated carbocycles. The minimum Gasteiger partial charge on any atom is -0.310 e. The van der Waals surface area contributed by atoms with E-state index in [1.165, 1.54) is 16.7 Å². The van der Waals surface area contributed by atoms with Crippen LogP contribution in [-0.2, 0) is 0 Å². The summed E-state index contributed by atoms with van der Waals surface area (Å²) in [4.78, 5) is 2.30. The first-order valence-electron chi connectivity index (χ1n) is 11.2. The van der Waals surface area contributed by atoms with Crippen LogP contribution in [-0.4, -0.2) is 0 Å². The van der Waals surface area contributed by atoms with Gasteiger partial charge in [0, 0.05) is 17.1 Å². The van der Waals surface area contributed by atoms with Gasteiger partial charge in [0.05, 0.1) is 0 Å². The lowest BCUT2D eigenvalue weighted by atomic mass is 10.0. The van der Waals surface area contributed by atoms with Crippen LogP contribution in [0.4, 0.5) is 17.1 Å². The first-order chi connectivity index (χ1) is 16.4. The van der Waals surface area contributed by atoms with Crippen molar-refractivity contribution in [1.82, 2.24) is 0 Å². The molecular formula is C32H25N. The summed E-state index contributed by atoms with van der Waals surface area (Å²) in [5.41, 5.74) is 8.19. The van der Waals surface area contributed by atoms with E-state index in [2.05, 4.69) is 144 Å². The molecule has 0 heterocycles. The van der Waals surface area contributed by atoms with Crippen molar-refractivity contribution in [2.75, 3.05) is 4.90 Å². The standard InChI is InChI=1S/C32H25N/c1-4-11-26(12-5-1)19-20-27-13-10-18-32(25-27)33(30-16-8-3-9-17-30)31-23-21-29(22-24-31)28-14-6-2-7-15-28/h1-25H. The Morgan fingerprint density at radius 1 is 0.364 bits per heavy atom. The zero-order chi connectivity index (χ0) is 22.3. The molecule has 0 N–H and O–H groups in total. The van der Waals surface area contributed by atoms with Crippen molar-refractivity contribution in [3.63, 3.8) is 0 Å². The topological polar surface area (TPSA) is 3.24 Å². The fourth-order valence-corrected chi connectivity index (χ4v) is 3.98. The van der Waals surface area contributed by atoms with Crippen LogP contribution in [0, 0.1) is 0 Å². The van der Waals surface area contributed by atoms with Gasteiger partial charge in [-0.1, -0.05) is 115 Å². The normalized spacial score (nSPS) is 10.9. The van der Waals surface area contributed by atoms with E-state index in [4.69, 9.17) is 0 Å². The summed E-state index contributed by atoms with van der Waals surface area (Å²) in [7, 11) is 0. The molecule has 0 spiro atoms. The molecule has 0 radical (unpaired) electrons. The Morgan fingerprint density at radius 3 is 1.55 bits per heavy atom. The van der Waals surface area contributed by atoms with Gasteiger partial charge in [0.25, 0.3) is 0 Å². The second kappa shape index (κ2) is 9.84. The Labute approximate surface area is 195 Å². The highest BCUT2D eigenvalue weighted by atomic mass is 15.1. The summed E-state index contributed by atoms with van der Waals surface area (Å²) in [6.45, 7) is 0. The Bertz CT molecular complexity index is 1320. The fraction of sp³-hybridized carbons (Fsp3) is 0. The van der Waals surface area contributed by atoms with Gasteiger partial charge in [-0.2, -0.15) is 0 Å². The van der Waals surface area contributed by atoms with Crippen molar-refractivity contribution < 1.29 is 0 Å². The quantitative estimate of drug-likeness (QED) is 0.246. The molecule has 0 aliphatic rings. The Kier molecular flexibility index (Phi) is 6.13. The molecule has 0 bridgehead atoms. The third-order valence-electron chi connectivity index (χ3n) is 5.64. The zero-order valence-corrected chi connectivity index (χ0v) is 18.4. The molecule has 5 aromatic rings. The van der Waals surface area contributed by atoms with Crippen LogP contribution in [0.1, 0.15) is 11.1 Å². The third kappa shape index (κ3) is 4.94. The number of rotatable bonds is 6. The van der Waals surface area contributed by atoms with Crippen molar-refractivity contribution in [2.24, 2.45) is 0 Å². The van der Waals surface area contributed by atoms with Crippen molar-refractivity contribution in [3.05, 3.63) is 151 Å². The fourth-order valence-electron chi connectivity index (χ4n) is 3.98. The average molecular weight is 424 g/mol. The second-order valence-corrected chi connectivity index (χ2v) is 7.92. The van der Waals surface area contributed by atoms with Crippen molar-refractivity contribution in [2.45, 2.75) is 0 Å². The van der Waals surface area contributed by atoms with E-state index in [0.29, 0.717) is 0 Å². The SMILES string of the molecule is C(=Cc1cccc(N(c2ccccc2)c2ccc(-c3ccccc3)cc2)c1)c1ccccc1. The molecule has 1 heteroatoms. The second-order valence-electron chi connectivity index (χ2n) is 7.92. The highest BCUT2D eigenvalue weighted by Gasteiger charge is 2.12. The van der Waals surface area contributed by atoms with Crippen molar-refractivity contribution >= 4 is 29.2 Å². The summed E-state index contributed by atoms with van der Waals surface area (Å²) in [6.07, 6.45) is 4.32. The molecule has 0 unspecified atom stereocenters. The maximum atomic E-state index is 2.30. The van der Waals surface area contributed by atoms with Gasteiger partial charge in [-0.3, -0.25) is 0 Å². The molecule has 33 heavy (non-hydrogen) atoms. The molecule has 5 rings (SSSR count). The van der Waals surface area contributed by atoms with Gasteiger partial charge < -0.3 is 4.90 Å². The summed E-state index contributed by atoms with van der Waals surface area (Å²) < 4.78 is 0. The van der Waals surface area contributed by atoms with E-state index in [0.717, 1.165) is 22.6 Å². The van der Waals surface area contributed by atoms with Gasteiger partial charge in [-0.25, -0.2) is 0 Å². The smallest absolute Gasteiger partial charge is 0.0467 e. The molecular weight excluding hydrogens is 398 g/mol. The van der Waals surface area contributed by atoms with Crippen LogP contribution in [0.3, 0.4) is 0 Å². The van der Waals surface area contributed by atoms with E-state index < -0.39 is 0 Å². The average Bonchev–Trinajstić information content (AvgIpc) is 2.90. The number of hydrogen-bond acceptors (Lipinski definition) is 1. The highest BCUT2D eigenvalue weighted by Crippen LogP contribution is 2.36. The molecule has 0 fully saturated rings. The molecule has 5 aromatic carbocycles. The van der Waals surface area contributed by atoms with E-state index in [9.17, 15) is 0 Å². The minimum absolute atomic E-state index is 1.13. The van der Waals surface area contributed by atoms with Gasteiger partial charge in [-0.15, -0.1) is 0 Å². The van der Waals surface area contributed by atoms with Crippen LogP contribution in [0.2, 0.25) is 0 Å².